The zero-order valence-electron chi connectivity index (χ0n) is 8.61. The molecule has 2 atom stereocenters. The monoisotopic (exact) mass is 209 g/mol. The van der Waals surface area contributed by atoms with Crippen molar-refractivity contribution in [3.05, 3.63) is 11.7 Å². The van der Waals surface area contributed by atoms with Crippen molar-refractivity contribution >= 4 is 0 Å². The smallest absolute Gasteiger partial charge is 0.243 e. The Bertz CT molecular complexity index is 297. The molecule has 3 rings (SSSR count). The second-order valence-corrected chi connectivity index (χ2v) is 4.20. The number of rotatable bonds is 2. The van der Waals surface area contributed by atoms with Crippen LogP contribution in [0.4, 0.5) is 0 Å². The SMILES string of the molecule is C1CN[C@H](c2nc(C3CCOC3)no2)C1. The van der Waals surface area contributed by atoms with Crippen LogP contribution in [0.1, 0.15) is 42.9 Å². The van der Waals surface area contributed by atoms with E-state index in [-0.39, 0.29) is 6.04 Å². The first kappa shape index (κ1) is 9.30. The average molecular weight is 209 g/mol. The first-order valence-corrected chi connectivity index (χ1v) is 5.58. The van der Waals surface area contributed by atoms with Crippen LogP contribution in [-0.2, 0) is 4.74 Å². The molecule has 2 fully saturated rings. The minimum absolute atomic E-state index is 0.272. The molecule has 0 saturated carbocycles. The molecule has 2 saturated heterocycles. The average Bonchev–Trinajstić information content (AvgIpc) is 3.02. The molecule has 1 aromatic heterocycles. The van der Waals surface area contributed by atoms with Crippen molar-refractivity contribution in [3.63, 3.8) is 0 Å². The van der Waals surface area contributed by atoms with Crippen molar-refractivity contribution in [1.29, 1.82) is 0 Å². The minimum Gasteiger partial charge on any atom is -0.381 e. The van der Waals surface area contributed by atoms with Gasteiger partial charge in [-0.2, -0.15) is 4.98 Å². The predicted octanol–water partition coefficient (Wildman–Crippen LogP) is 0.998. The van der Waals surface area contributed by atoms with Gasteiger partial charge in [-0.15, -0.1) is 0 Å². The first-order valence-electron chi connectivity index (χ1n) is 5.58. The van der Waals surface area contributed by atoms with Crippen LogP contribution in [0.5, 0.6) is 0 Å². The Morgan fingerprint density at radius 3 is 3.07 bits per heavy atom. The summed E-state index contributed by atoms with van der Waals surface area (Å²) in [6.07, 6.45) is 3.30. The summed E-state index contributed by atoms with van der Waals surface area (Å²) < 4.78 is 10.6. The summed E-state index contributed by atoms with van der Waals surface area (Å²) in [6, 6.07) is 0.272. The molecule has 82 valence electrons. The van der Waals surface area contributed by atoms with Crippen molar-refractivity contribution in [3.8, 4) is 0 Å². The molecule has 0 spiro atoms. The fourth-order valence-electron chi connectivity index (χ4n) is 2.19. The molecule has 5 nitrogen and oxygen atoms in total. The molecule has 1 aromatic rings. The number of hydrogen-bond acceptors (Lipinski definition) is 5. The number of aromatic nitrogens is 2. The normalized spacial score (nSPS) is 31.2. The Morgan fingerprint density at radius 1 is 1.33 bits per heavy atom. The Balaban J connectivity index is 1.74. The molecule has 0 radical (unpaired) electrons. The minimum atomic E-state index is 0.272. The molecule has 5 heteroatoms. The molecule has 0 bridgehead atoms. The van der Waals surface area contributed by atoms with Crippen molar-refractivity contribution in [2.24, 2.45) is 0 Å². The highest BCUT2D eigenvalue weighted by Gasteiger charge is 2.26. The van der Waals surface area contributed by atoms with Gasteiger partial charge in [-0.05, 0) is 25.8 Å². The van der Waals surface area contributed by atoms with Crippen molar-refractivity contribution in [1.82, 2.24) is 15.5 Å². The second kappa shape index (κ2) is 3.90. The van der Waals surface area contributed by atoms with Crippen molar-refractivity contribution < 1.29 is 9.26 Å². The van der Waals surface area contributed by atoms with E-state index in [4.69, 9.17) is 9.26 Å². The maximum Gasteiger partial charge on any atom is 0.243 e. The molecule has 15 heavy (non-hydrogen) atoms. The van der Waals surface area contributed by atoms with Gasteiger partial charge >= 0.3 is 0 Å². The lowest BCUT2D eigenvalue weighted by Gasteiger charge is -2.02. The van der Waals surface area contributed by atoms with Crippen molar-refractivity contribution in [2.75, 3.05) is 19.8 Å². The fraction of sp³-hybridized carbons (Fsp3) is 0.800. The molecule has 1 unspecified atom stereocenters. The Labute approximate surface area is 88.2 Å². The van der Waals surface area contributed by atoms with Crippen LogP contribution in [0, 0.1) is 0 Å². The highest BCUT2D eigenvalue weighted by atomic mass is 16.5. The van der Waals surface area contributed by atoms with Gasteiger partial charge in [0.15, 0.2) is 5.82 Å². The summed E-state index contributed by atoms with van der Waals surface area (Å²) in [5, 5.41) is 7.39. The van der Waals surface area contributed by atoms with E-state index >= 15 is 0 Å². The van der Waals surface area contributed by atoms with E-state index in [0.717, 1.165) is 44.3 Å². The van der Waals surface area contributed by atoms with Crippen LogP contribution in [0.3, 0.4) is 0 Å². The van der Waals surface area contributed by atoms with Crippen LogP contribution >= 0.6 is 0 Å². The van der Waals surface area contributed by atoms with E-state index < -0.39 is 0 Å². The van der Waals surface area contributed by atoms with Gasteiger partial charge in [-0.3, -0.25) is 0 Å². The summed E-state index contributed by atoms with van der Waals surface area (Å²) in [7, 11) is 0. The number of ether oxygens (including phenoxy) is 1. The number of nitrogens with one attached hydrogen (secondary N) is 1. The largest absolute Gasteiger partial charge is 0.381 e. The van der Waals surface area contributed by atoms with Crippen LogP contribution in [0.25, 0.3) is 0 Å². The van der Waals surface area contributed by atoms with E-state index in [2.05, 4.69) is 15.5 Å². The van der Waals surface area contributed by atoms with Crippen LogP contribution in [0.15, 0.2) is 4.52 Å². The van der Waals surface area contributed by atoms with Crippen LogP contribution in [0.2, 0.25) is 0 Å². The summed E-state index contributed by atoms with van der Waals surface area (Å²) in [4.78, 5) is 4.45. The maximum atomic E-state index is 5.31. The number of nitrogens with zero attached hydrogens (tertiary/aromatic N) is 2. The third-order valence-corrected chi connectivity index (χ3v) is 3.11. The van der Waals surface area contributed by atoms with Gasteiger partial charge in [0.25, 0.3) is 0 Å². The van der Waals surface area contributed by atoms with E-state index in [0.29, 0.717) is 5.92 Å². The van der Waals surface area contributed by atoms with E-state index in [1.807, 2.05) is 0 Å². The zero-order valence-corrected chi connectivity index (χ0v) is 8.61. The lowest BCUT2D eigenvalue weighted by atomic mass is 10.1. The van der Waals surface area contributed by atoms with E-state index in [1.54, 1.807) is 0 Å². The molecule has 2 aliphatic heterocycles. The fourth-order valence-corrected chi connectivity index (χ4v) is 2.19. The Kier molecular flexibility index (Phi) is 2.42. The lowest BCUT2D eigenvalue weighted by Crippen LogP contribution is -2.13. The Morgan fingerprint density at radius 2 is 2.33 bits per heavy atom. The van der Waals surface area contributed by atoms with Gasteiger partial charge < -0.3 is 14.6 Å². The second-order valence-electron chi connectivity index (χ2n) is 4.20. The third-order valence-electron chi connectivity index (χ3n) is 3.11. The summed E-state index contributed by atoms with van der Waals surface area (Å²) >= 11 is 0. The lowest BCUT2D eigenvalue weighted by molar-refractivity contribution is 0.192. The van der Waals surface area contributed by atoms with Gasteiger partial charge in [0, 0.05) is 12.5 Å². The highest BCUT2D eigenvalue weighted by Crippen LogP contribution is 2.26. The molecular formula is C10H15N3O2. The van der Waals surface area contributed by atoms with Crippen LogP contribution < -0.4 is 5.32 Å². The molecular weight excluding hydrogens is 194 g/mol. The third kappa shape index (κ3) is 1.77. The van der Waals surface area contributed by atoms with Gasteiger partial charge in [-0.25, -0.2) is 0 Å². The maximum absolute atomic E-state index is 5.31. The van der Waals surface area contributed by atoms with Crippen LogP contribution in [-0.4, -0.2) is 29.9 Å². The molecule has 2 aliphatic rings. The first-order chi connectivity index (χ1) is 7.43. The molecule has 0 aromatic carbocycles. The zero-order chi connectivity index (χ0) is 10.1. The molecule has 3 heterocycles. The topological polar surface area (TPSA) is 60.2 Å². The summed E-state index contributed by atoms with van der Waals surface area (Å²) in [5.41, 5.74) is 0. The van der Waals surface area contributed by atoms with Gasteiger partial charge in [0.1, 0.15) is 0 Å². The van der Waals surface area contributed by atoms with Gasteiger partial charge in [0.05, 0.1) is 12.6 Å². The van der Waals surface area contributed by atoms with Gasteiger partial charge in [-0.1, -0.05) is 5.16 Å². The molecule has 1 N–H and O–H groups in total. The number of hydrogen-bond donors (Lipinski definition) is 1. The summed E-state index contributed by atoms with van der Waals surface area (Å²) in [5.74, 6) is 1.90. The van der Waals surface area contributed by atoms with Gasteiger partial charge in [0.2, 0.25) is 5.89 Å². The van der Waals surface area contributed by atoms with E-state index in [1.165, 1.54) is 6.42 Å². The summed E-state index contributed by atoms with van der Waals surface area (Å²) in [6.45, 7) is 2.60. The molecule has 0 amide bonds. The Hall–Kier alpha value is -0.940. The highest BCUT2D eigenvalue weighted by molar-refractivity contribution is 5.01. The standard InChI is InChI=1S/C10H15N3O2/c1-2-8(11-4-1)10-12-9(13-15-10)7-3-5-14-6-7/h7-8,11H,1-6H2/t7?,8-/m0/s1. The van der Waals surface area contributed by atoms with E-state index in [9.17, 15) is 0 Å². The predicted molar refractivity (Wildman–Crippen MR) is 52.5 cm³/mol. The molecule has 0 aliphatic carbocycles. The van der Waals surface area contributed by atoms with Crippen molar-refractivity contribution in [2.45, 2.75) is 31.2 Å². The quantitative estimate of drug-likeness (QED) is 0.787.